The minimum absolute atomic E-state index is 0.0760. The van der Waals surface area contributed by atoms with Crippen LogP contribution >= 0.6 is 0 Å². The molecule has 240 valence electrons. The SMILES string of the molecule is COCCCOc1cc(C[C@H](CC2C(C[C@H](C(=O)O)C(C)C)OC(C)(C)N2C(=O)OC(C)(C)C)C(C)C)ccc1OC. The molecule has 9 heteroatoms. The number of aliphatic carboxylic acids is 1. The number of methoxy groups -OCH3 is 2. The first-order valence-electron chi connectivity index (χ1n) is 15.2. The van der Waals surface area contributed by atoms with Crippen molar-refractivity contribution >= 4 is 12.1 Å². The van der Waals surface area contributed by atoms with E-state index in [1.807, 2.05) is 66.7 Å². The number of nitrogens with zero attached hydrogens (tertiary/aromatic N) is 1. The summed E-state index contributed by atoms with van der Waals surface area (Å²) in [6, 6.07) is 5.65. The van der Waals surface area contributed by atoms with Crippen molar-refractivity contribution in [2.24, 2.45) is 23.7 Å². The Hall–Kier alpha value is -2.52. The van der Waals surface area contributed by atoms with Gasteiger partial charge in [0.15, 0.2) is 11.5 Å². The van der Waals surface area contributed by atoms with Crippen molar-refractivity contribution in [3.05, 3.63) is 23.8 Å². The Balaban J connectivity index is 2.42. The molecule has 9 nitrogen and oxygen atoms in total. The van der Waals surface area contributed by atoms with E-state index in [1.54, 1.807) is 19.1 Å². The molecule has 42 heavy (non-hydrogen) atoms. The highest BCUT2D eigenvalue weighted by molar-refractivity contribution is 5.71. The molecule has 0 bridgehead atoms. The average molecular weight is 594 g/mol. The van der Waals surface area contributed by atoms with Crippen molar-refractivity contribution < 1.29 is 38.4 Å². The van der Waals surface area contributed by atoms with Gasteiger partial charge in [0, 0.05) is 20.1 Å². The van der Waals surface area contributed by atoms with Crippen LogP contribution in [-0.2, 0) is 25.4 Å². The van der Waals surface area contributed by atoms with Gasteiger partial charge in [0.2, 0.25) is 0 Å². The number of carboxylic acid groups (broad SMARTS) is 1. The van der Waals surface area contributed by atoms with E-state index in [0.717, 1.165) is 18.4 Å². The van der Waals surface area contributed by atoms with Gasteiger partial charge in [0.05, 0.1) is 31.8 Å². The Labute approximate surface area is 253 Å². The lowest BCUT2D eigenvalue weighted by Gasteiger charge is -2.37. The van der Waals surface area contributed by atoms with Crippen LogP contribution in [0.3, 0.4) is 0 Å². The lowest BCUT2D eigenvalue weighted by molar-refractivity contribution is -0.146. The van der Waals surface area contributed by atoms with Gasteiger partial charge in [0.1, 0.15) is 11.3 Å². The van der Waals surface area contributed by atoms with Gasteiger partial charge in [-0.1, -0.05) is 33.8 Å². The first-order valence-corrected chi connectivity index (χ1v) is 15.2. The summed E-state index contributed by atoms with van der Waals surface area (Å²) in [6.45, 7) is 18.6. The van der Waals surface area contributed by atoms with E-state index in [4.69, 9.17) is 23.7 Å². The molecule has 1 aliphatic heterocycles. The van der Waals surface area contributed by atoms with Crippen LogP contribution in [0.5, 0.6) is 11.5 Å². The van der Waals surface area contributed by atoms with E-state index >= 15 is 0 Å². The van der Waals surface area contributed by atoms with Crippen LogP contribution in [0.4, 0.5) is 4.79 Å². The molecule has 1 aliphatic rings. The summed E-state index contributed by atoms with van der Waals surface area (Å²) >= 11 is 0. The highest BCUT2D eigenvalue weighted by Gasteiger charge is 2.52. The molecule has 0 radical (unpaired) electrons. The molecule has 1 saturated heterocycles. The maximum absolute atomic E-state index is 13.6. The molecule has 0 spiro atoms. The number of rotatable bonds is 15. The molecule has 1 fully saturated rings. The van der Waals surface area contributed by atoms with E-state index in [0.29, 0.717) is 37.6 Å². The number of benzene rings is 1. The fourth-order valence-corrected chi connectivity index (χ4v) is 5.66. The summed E-state index contributed by atoms with van der Waals surface area (Å²) < 4.78 is 29.0. The highest BCUT2D eigenvalue weighted by Crippen LogP contribution is 2.41. The van der Waals surface area contributed by atoms with Crippen molar-refractivity contribution in [1.82, 2.24) is 4.90 Å². The average Bonchev–Trinajstić information content (AvgIpc) is 3.12. The lowest BCUT2D eigenvalue weighted by atomic mass is 9.80. The van der Waals surface area contributed by atoms with Crippen molar-refractivity contribution in [3.8, 4) is 11.5 Å². The second-order valence-corrected chi connectivity index (χ2v) is 13.6. The zero-order chi connectivity index (χ0) is 31.8. The van der Waals surface area contributed by atoms with Gasteiger partial charge < -0.3 is 28.8 Å². The molecular formula is C33H55NO8. The van der Waals surface area contributed by atoms with Gasteiger partial charge in [-0.05, 0) is 89.3 Å². The summed E-state index contributed by atoms with van der Waals surface area (Å²) in [5.74, 6) is 0.288. The van der Waals surface area contributed by atoms with Crippen LogP contribution in [0.2, 0.25) is 0 Å². The second-order valence-electron chi connectivity index (χ2n) is 13.6. The molecule has 1 aromatic carbocycles. The minimum Gasteiger partial charge on any atom is -0.493 e. The molecular weight excluding hydrogens is 538 g/mol. The van der Waals surface area contributed by atoms with E-state index in [9.17, 15) is 14.7 Å². The summed E-state index contributed by atoms with van der Waals surface area (Å²) in [6.07, 6.45) is 1.56. The molecule has 2 rings (SSSR count). The highest BCUT2D eigenvalue weighted by atomic mass is 16.6. The molecule has 0 saturated carbocycles. The maximum atomic E-state index is 13.6. The molecule has 0 aliphatic carbocycles. The lowest BCUT2D eigenvalue weighted by Crippen LogP contribution is -2.51. The van der Waals surface area contributed by atoms with E-state index in [-0.39, 0.29) is 23.8 Å². The second kappa shape index (κ2) is 15.3. The monoisotopic (exact) mass is 593 g/mol. The number of carbonyl (C=O) groups is 2. The Morgan fingerprint density at radius 1 is 1.02 bits per heavy atom. The van der Waals surface area contributed by atoms with Crippen molar-refractivity contribution in [3.63, 3.8) is 0 Å². The minimum atomic E-state index is -0.956. The van der Waals surface area contributed by atoms with Crippen LogP contribution in [-0.4, -0.2) is 73.0 Å². The van der Waals surface area contributed by atoms with Crippen molar-refractivity contribution in [2.45, 2.75) is 111 Å². The Morgan fingerprint density at radius 3 is 2.21 bits per heavy atom. The number of hydrogen-bond donors (Lipinski definition) is 1. The maximum Gasteiger partial charge on any atom is 0.412 e. The number of carbonyl (C=O) groups excluding carboxylic acids is 1. The van der Waals surface area contributed by atoms with Gasteiger partial charge in [-0.2, -0.15) is 0 Å². The molecule has 0 aromatic heterocycles. The molecule has 1 N–H and O–H groups in total. The number of hydrogen-bond acceptors (Lipinski definition) is 7. The predicted molar refractivity (Wildman–Crippen MR) is 163 cm³/mol. The third kappa shape index (κ3) is 10.0. The predicted octanol–water partition coefficient (Wildman–Crippen LogP) is 6.80. The molecule has 4 atom stereocenters. The normalized spacial score (nSPS) is 20.1. The Kier molecular flexibility index (Phi) is 13.0. The summed E-state index contributed by atoms with van der Waals surface area (Å²) in [4.78, 5) is 27.5. The van der Waals surface area contributed by atoms with E-state index in [2.05, 4.69) is 13.8 Å². The molecule has 1 heterocycles. The largest absolute Gasteiger partial charge is 0.493 e. The van der Waals surface area contributed by atoms with Crippen LogP contribution < -0.4 is 9.47 Å². The Morgan fingerprint density at radius 2 is 1.69 bits per heavy atom. The van der Waals surface area contributed by atoms with Gasteiger partial charge in [-0.25, -0.2) is 4.79 Å². The standard InChI is InChI=1S/C33H55NO8/c1-21(2)24(17-23-13-14-27(39-11)29(18-23)40-16-12-15-38-10)19-26-28(20-25(22(3)4)30(35)36)41-33(8,9)34(26)31(37)42-32(5,6)7/h13-14,18,21-22,24-26,28H,12,15-17,19-20H2,1-11H3,(H,35,36)/t24-,25+,26?,28?/m1/s1. The fourth-order valence-electron chi connectivity index (χ4n) is 5.66. The zero-order valence-corrected chi connectivity index (χ0v) is 27.7. The summed E-state index contributed by atoms with van der Waals surface area (Å²) in [5, 5.41) is 9.98. The fraction of sp³-hybridized carbons (Fsp3) is 0.758. The van der Waals surface area contributed by atoms with Crippen LogP contribution in [0, 0.1) is 23.7 Å². The molecule has 1 amide bonds. The first kappa shape index (κ1) is 35.7. The molecule has 2 unspecified atom stereocenters. The number of amides is 1. The summed E-state index contributed by atoms with van der Waals surface area (Å²) in [7, 11) is 3.30. The third-order valence-electron chi connectivity index (χ3n) is 7.94. The topological polar surface area (TPSA) is 104 Å². The van der Waals surface area contributed by atoms with Crippen LogP contribution in [0.15, 0.2) is 18.2 Å². The summed E-state index contributed by atoms with van der Waals surface area (Å²) in [5.41, 5.74) is -0.541. The van der Waals surface area contributed by atoms with Crippen molar-refractivity contribution in [2.75, 3.05) is 27.4 Å². The Bertz CT molecular complexity index is 1020. The number of ether oxygens (including phenoxy) is 5. The van der Waals surface area contributed by atoms with E-state index in [1.165, 1.54) is 0 Å². The van der Waals surface area contributed by atoms with Gasteiger partial charge in [0.25, 0.3) is 0 Å². The van der Waals surface area contributed by atoms with Gasteiger partial charge in [-0.3, -0.25) is 9.69 Å². The first-order chi connectivity index (χ1) is 19.5. The smallest absolute Gasteiger partial charge is 0.412 e. The van der Waals surface area contributed by atoms with Crippen LogP contribution in [0.1, 0.15) is 87.1 Å². The van der Waals surface area contributed by atoms with E-state index < -0.39 is 35.4 Å². The number of carboxylic acids is 1. The van der Waals surface area contributed by atoms with Crippen LogP contribution in [0.25, 0.3) is 0 Å². The van der Waals surface area contributed by atoms with Crippen molar-refractivity contribution in [1.29, 1.82) is 0 Å². The quantitative estimate of drug-likeness (QED) is 0.221. The zero-order valence-electron chi connectivity index (χ0n) is 27.7. The van der Waals surface area contributed by atoms with Gasteiger partial charge >= 0.3 is 12.1 Å². The van der Waals surface area contributed by atoms with Gasteiger partial charge in [-0.15, -0.1) is 0 Å². The molecule has 1 aromatic rings. The third-order valence-corrected chi connectivity index (χ3v) is 7.94.